The molecule has 0 saturated carbocycles. The molecule has 1 aromatic heterocycles. The van der Waals surface area contributed by atoms with Crippen molar-refractivity contribution in [2.45, 2.75) is 6.92 Å². The molecule has 0 saturated heterocycles. The van der Waals surface area contributed by atoms with Crippen molar-refractivity contribution in [2.75, 3.05) is 0 Å². The van der Waals surface area contributed by atoms with Gasteiger partial charge in [0, 0.05) is 12.3 Å². The van der Waals surface area contributed by atoms with Crippen molar-refractivity contribution in [2.24, 2.45) is 0 Å². The van der Waals surface area contributed by atoms with Crippen LogP contribution in [0.15, 0.2) is 41.3 Å². The molecule has 0 aliphatic carbocycles. The first-order valence-electron chi connectivity index (χ1n) is 4.81. The number of benzene rings is 1. The first kappa shape index (κ1) is 10.3. The highest BCUT2D eigenvalue weighted by atomic mass is 16.3. The third-order valence-electron chi connectivity index (χ3n) is 2.45. The molecule has 4 heteroatoms. The first-order valence-corrected chi connectivity index (χ1v) is 4.81. The van der Waals surface area contributed by atoms with Crippen LogP contribution in [0.4, 0.5) is 0 Å². The Labute approximate surface area is 92.0 Å². The molecular weight excluding hydrogens is 206 g/mol. The van der Waals surface area contributed by atoms with E-state index in [1.54, 1.807) is 35.8 Å². The molecule has 0 unspecified atom stereocenters. The predicted molar refractivity (Wildman–Crippen MR) is 60.1 cm³/mol. The predicted octanol–water partition coefficient (Wildman–Crippen LogP) is 1.56. The minimum atomic E-state index is -0.427. The van der Waals surface area contributed by atoms with Crippen molar-refractivity contribution in [1.82, 2.24) is 4.57 Å². The molecule has 2 aromatic rings. The normalized spacial score (nSPS) is 10.3. The maximum Gasteiger partial charge on any atom is 0.223 e. The molecule has 82 valence electrons. The minimum absolute atomic E-state index is 0.0913. The van der Waals surface area contributed by atoms with Crippen LogP contribution >= 0.6 is 0 Å². The highest BCUT2D eigenvalue weighted by molar-refractivity contribution is 5.48. The SMILES string of the molecule is Cc1c(O)c(=O)ccn1-c1ccccc1O. The van der Waals surface area contributed by atoms with Crippen LogP contribution in [0.25, 0.3) is 5.69 Å². The molecule has 4 nitrogen and oxygen atoms in total. The summed E-state index contributed by atoms with van der Waals surface area (Å²) in [4.78, 5) is 11.2. The quantitative estimate of drug-likeness (QED) is 0.761. The molecule has 0 amide bonds. The summed E-state index contributed by atoms with van der Waals surface area (Å²) in [7, 11) is 0. The summed E-state index contributed by atoms with van der Waals surface area (Å²) in [6, 6.07) is 7.98. The number of aromatic nitrogens is 1. The minimum Gasteiger partial charge on any atom is -0.506 e. The zero-order valence-corrected chi connectivity index (χ0v) is 8.71. The Balaban J connectivity index is 2.71. The summed E-state index contributed by atoms with van der Waals surface area (Å²) in [5, 5.41) is 19.2. The zero-order valence-electron chi connectivity index (χ0n) is 8.71. The molecule has 1 heterocycles. The highest BCUT2D eigenvalue weighted by Crippen LogP contribution is 2.23. The van der Waals surface area contributed by atoms with E-state index in [4.69, 9.17) is 0 Å². The fraction of sp³-hybridized carbons (Fsp3) is 0.0833. The van der Waals surface area contributed by atoms with E-state index in [9.17, 15) is 15.0 Å². The largest absolute Gasteiger partial charge is 0.506 e. The van der Waals surface area contributed by atoms with E-state index in [0.717, 1.165) is 0 Å². The molecule has 0 radical (unpaired) electrons. The number of para-hydroxylation sites is 2. The van der Waals surface area contributed by atoms with Crippen LogP contribution in [0, 0.1) is 6.92 Å². The van der Waals surface area contributed by atoms with E-state index in [1.165, 1.54) is 12.3 Å². The smallest absolute Gasteiger partial charge is 0.223 e. The molecule has 0 spiro atoms. The number of hydrogen-bond acceptors (Lipinski definition) is 3. The Morgan fingerprint density at radius 1 is 1.12 bits per heavy atom. The van der Waals surface area contributed by atoms with Gasteiger partial charge in [-0.05, 0) is 19.1 Å². The fourth-order valence-corrected chi connectivity index (χ4v) is 1.55. The number of phenols is 1. The van der Waals surface area contributed by atoms with Crippen LogP contribution in [0.5, 0.6) is 11.5 Å². The van der Waals surface area contributed by atoms with E-state index < -0.39 is 5.43 Å². The van der Waals surface area contributed by atoms with E-state index in [-0.39, 0.29) is 11.5 Å². The van der Waals surface area contributed by atoms with Crippen LogP contribution in [0.3, 0.4) is 0 Å². The zero-order chi connectivity index (χ0) is 11.7. The summed E-state index contributed by atoms with van der Waals surface area (Å²) >= 11 is 0. The summed E-state index contributed by atoms with van der Waals surface area (Å²) in [6.07, 6.45) is 1.52. The topological polar surface area (TPSA) is 62.5 Å². The Morgan fingerprint density at radius 2 is 1.81 bits per heavy atom. The first-order chi connectivity index (χ1) is 7.61. The summed E-state index contributed by atoms with van der Waals surface area (Å²) in [5.74, 6) is -0.209. The van der Waals surface area contributed by atoms with E-state index >= 15 is 0 Å². The van der Waals surface area contributed by atoms with Crippen molar-refractivity contribution in [1.29, 1.82) is 0 Å². The molecule has 2 N–H and O–H groups in total. The Kier molecular flexibility index (Phi) is 2.40. The lowest BCUT2D eigenvalue weighted by Gasteiger charge is -2.12. The van der Waals surface area contributed by atoms with Gasteiger partial charge in [0.1, 0.15) is 5.75 Å². The second-order valence-electron chi connectivity index (χ2n) is 3.47. The van der Waals surface area contributed by atoms with E-state index in [2.05, 4.69) is 0 Å². The van der Waals surface area contributed by atoms with Crippen LogP contribution in [-0.2, 0) is 0 Å². The summed E-state index contributed by atoms with van der Waals surface area (Å²) < 4.78 is 1.56. The number of aromatic hydroxyl groups is 2. The van der Waals surface area contributed by atoms with Crippen LogP contribution < -0.4 is 5.43 Å². The van der Waals surface area contributed by atoms with E-state index in [0.29, 0.717) is 11.4 Å². The van der Waals surface area contributed by atoms with Gasteiger partial charge in [0.2, 0.25) is 5.43 Å². The van der Waals surface area contributed by atoms with Crippen LogP contribution in [0.1, 0.15) is 5.69 Å². The third-order valence-corrected chi connectivity index (χ3v) is 2.45. The second-order valence-corrected chi connectivity index (χ2v) is 3.47. The number of hydrogen-bond donors (Lipinski definition) is 2. The lowest BCUT2D eigenvalue weighted by molar-refractivity contribution is 0.455. The van der Waals surface area contributed by atoms with Crippen LogP contribution in [0.2, 0.25) is 0 Å². The lowest BCUT2D eigenvalue weighted by Crippen LogP contribution is -2.08. The van der Waals surface area contributed by atoms with Gasteiger partial charge in [0.05, 0.1) is 11.4 Å². The van der Waals surface area contributed by atoms with Crippen molar-refractivity contribution in [3.05, 3.63) is 52.4 Å². The van der Waals surface area contributed by atoms with Gasteiger partial charge in [0.25, 0.3) is 0 Å². The molecule has 16 heavy (non-hydrogen) atoms. The average molecular weight is 217 g/mol. The number of nitrogens with zero attached hydrogens (tertiary/aromatic N) is 1. The lowest BCUT2D eigenvalue weighted by atomic mass is 10.2. The molecule has 0 atom stereocenters. The Hall–Kier alpha value is -2.23. The second kappa shape index (κ2) is 3.73. The van der Waals surface area contributed by atoms with Gasteiger partial charge < -0.3 is 14.8 Å². The van der Waals surface area contributed by atoms with Crippen molar-refractivity contribution in [3.8, 4) is 17.2 Å². The van der Waals surface area contributed by atoms with Gasteiger partial charge in [-0.1, -0.05) is 12.1 Å². The average Bonchev–Trinajstić information content (AvgIpc) is 2.28. The standard InChI is InChI=1S/C12H11NO3/c1-8-12(16)11(15)6-7-13(8)9-4-2-3-5-10(9)14/h2-7,14,16H,1H3. The Bertz CT molecular complexity index is 587. The molecular formula is C12H11NO3. The van der Waals surface area contributed by atoms with Gasteiger partial charge in [-0.25, -0.2) is 0 Å². The van der Waals surface area contributed by atoms with Gasteiger partial charge in [0.15, 0.2) is 5.75 Å². The number of phenolic OH excluding ortho intramolecular Hbond substituents is 1. The molecule has 1 aromatic carbocycles. The molecule has 0 aliphatic heterocycles. The maximum atomic E-state index is 11.2. The van der Waals surface area contributed by atoms with Gasteiger partial charge >= 0.3 is 0 Å². The highest BCUT2D eigenvalue weighted by Gasteiger charge is 2.08. The van der Waals surface area contributed by atoms with Crippen LogP contribution in [-0.4, -0.2) is 14.8 Å². The van der Waals surface area contributed by atoms with Crippen molar-refractivity contribution in [3.63, 3.8) is 0 Å². The maximum absolute atomic E-state index is 11.2. The van der Waals surface area contributed by atoms with Crippen molar-refractivity contribution >= 4 is 0 Å². The van der Waals surface area contributed by atoms with Gasteiger partial charge in [-0.15, -0.1) is 0 Å². The monoisotopic (exact) mass is 217 g/mol. The Morgan fingerprint density at radius 3 is 2.50 bits per heavy atom. The van der Waals surface area contributed by atoms with Gasteiger partial charge in [-0.3, -0.25) is 4.79 Å². The fourth-order valence-electron chi connectivity index (χ4n) is 1.55. The molecule has 0 fully saturated rings. The molecule has 0 aliphatic rings. The molecule has 0 bridgehead atoms. The third kappa shape index (κ3) is 1.54. The summed E-state index contributed by atoms with van der Waals surface area (Å²) in [5.41, 5.74) is 0.494. The summed E-state index contributed by atoms with van der Waals surface area (Å²) in [6.45, 7) is 1.61. The van der Waals surface area contributed by atoms with Gasteiger partial charge in [-0.2, -0.15) is 0 Å². The molecule has 2 rings (SSSR count). The number of rotatable bonds is 1. The van der Waals surface area contributed by atoms with E-state index in [1.807, 2.05) is 0 Å². The van der Waals surface area contributed by atoms with Crippen molar-refractivity contribution < 1.29 is 10.2 Å². The number of pyridine rings is 1.